The predicted octanol–water partition coefficient (Wildman–Crippen LogP) is 1.25. The summed E-state index contributed by atoms with van der Waals surface area (Å²) in [5.74, 6) is 0.476. The third-order valence-electron chi connectivity index (χ3n) is 5.05. The van der Waals surface area contributed by atoms with E-state index in [0.29, 0.717) is 18.6 Å². The number of piperidine rings is 1. The molecule has 0 spiro atoms. The lowest BCUT2D eigenvalue weighted by Gasteiger charge is -2.50. The molecule has 0 aromatic heterocycles. The summed E-state index contributed by atoms with van der Waals surface area (Å²) in [6.07, 6.45) is 0.686. The second-order valence-corrected chi connectivity index (χ2v) is 5.97. The first-order valence-corrected chi connectivity index (χ1v) is 7.18. The van der Waals surface area contributed by atoms with Crippen LogP contribution in [0.25, 0.3) is 0 Å². The molecule has 1 aromatic carbocycles. The first kappa shape index (κ1) is 14.4. The van der Waals surface area contributed by atoms with E-state index < -0.39 is 11.5 Å². The number of likely N-dealkylation sites (N-methyl/N-ethyl adjacent to an activating group) is 1. The number of carbonyl (C=O) groups is 1. The third kappa shape index (κ3) is 1.95. The average molecular weight is 291 g/mol. The SMILES string of the molecule is COC(=O)C12CCN(C)C(C1)C(O)c1ccc(OC)cc12. The lowest BCUT2D eigenvalue weighted by Crippen LogP contribution is -2.56. The van der Waals surface area contributed by atoms with Gasteiger partial charge in [-0.2, -0.15) is 0 Å². The molecule has 1 fully saturated rings. The van der Waals surface area contributed by atoms with Crippen molar-refractivity contribution in [2.45, 2.75) is 30.4 Å². The molecule has 1 heterocycles. The van der Waals surface area contributed by atoms with E-state index in [1.807, 2.05) is 25.2 Å². The zero-order chi connectivity index (χ0) is 15.2. The van der Waals surface area contributed by atoms with Gasteiger partial charge in [-0.1, -0.05) is 6.07 Å². The molecule has 3 atom stereocenters. The van der Waals surface area contributed by atoms with Gasteiger partial charge in [0.2, 0.25) is 0 Å². The highest BCUT2D eigenvalue weighted by Crippen LogP contribution is 2.50. The maximum Gasteiger partial charge on any atom is 0.316 e. The lowest BCUT2D eigenvalue weighted by atomic mass is 9.63. The number of nitrogens with zero attached hydrogens (tertiary/aromatic N) is 1. The predicted molar refractivity (Wildman–Crippen MR) is 77.3 cm³/mol. The largest absolute Gasteiger partial charge is 0.497 e. The van der Waals surface area contributed by atoms with Gasteiger partial charge in [0.05, 0.1) is 25.7 Å². The number of hydrogen-bond donors (Lipinski definition) is 1. The van der Waals surface area contributed by atoms with Crippen LogP contribution in [0.5, 0.6) is 5.75 Å². The van der Waals surface area contributed by atoms with Crippen LogP contribution in [0.2, 0.25) is 0 Å². The summed E-state index contributed by atoms with van der Waals surface area (Å²) in [6, 6.07) is 5.51. The Morgan fingerprint density at radius 3 is 2.86 bits per heavy atom. The number of hydrogen-bond acceptors (Lipinski definition) is 5. The molecular formula is C16H21NO4. The fraction of sp³-hybridized carbons (Fsp3) is 0.562. The first-order chi connectivity index (χ1) is 10.0. The van der Waals surface area contributed by atoms with Gasteiger partial charge < -0.3 is 19.5 Å². The van der Waals surface area contributed by atoms with E-state index in [-0.39, 0.29) is 12.0 Å². The van der Waals surface area contributed by atoms with Crippen LogP contribution in [0.3, 0.4) is 0 Å². The van der Waals surface area contributed by atoms with Crippen LogP contribution < -0.4 is 4.74 Å². The van der Waals surface area contributed by atoms with Crippen molar-refractivity contribution >= 4 is 5.97 Å². The number of aliphatic hydroxyl groups excluding tert-OH is 1. The number of ether oxygens (including phenoxy) is 2. The number of likely N-dealkylation sites (tertiary alicyclic amines) is 1. The summed E-state index contributed by atoms with van der Waals surface area (Å²) in [4.78, 5) is 14.6. The van der Waals surface area contributed by atoms with Crippen LogP contribution >= 0.6 is 0 Å². The molecule has 3 rings (SSSR count). The summed E-state index contributed by atoms with van der Waals surface area (Å²) < 4.78 is 10.4. The van der Waals surface area contributed by atoms with E-state index in [1.54, 1.807) is 7.11 Å². The molecule has 5 heteroatoms. The van der Waals surface area contributed by atoms with Gasteiger partial charge in [0.25, 0.3) is 0 Å². The van der Waals surface area contributed by atoms with Gasteiger partial charge in [-0.05, 0) is 49.7 Å². The van der Waals surface area contributed by atoms with Crippen molar-refractivity contribution in [3.05, 3.63) is 29.3 Å². The molecule has 3 unspecified atom stereocenters. The van der Waals surface area contributed by atoms with E-state index in [0.717, 1.165) is 17.7 Å². The minimum absolute atomic E-state index is 0.0567. The summed E-state index contributed by atoms with van der Waals surface area (Å²) >= 11 is 0. The van der Waals surface area contributed by atoms with E-state index in [1.165, 1.54) is 7.11 Å². The molecule has 0 saturated carbocycles. The van der Waals surface area contributed by atoms with E-state index in [2.05, 4.69) is 4.90 Å². The van der Waals surface area contributed by atoms with Crippen LogP contribution in [-0.2, 0) is 14.9 Å². The highest BCUT2D eigenvalue weighted by atomic mass is 16.5. The fourth-order valence-corrected chi connectivity index (χ4v) is 3.78. The molecule has 1 aliphatic heterocycles. The van der Waals surface area contributed by atoms with Crippen molar-refractivity contribution < 1.29 is 19.4 Å². The van der Waals surface area contributed by atoms with Gasteiger partial charge in [0.1, 0.15) is 5.75 Å². The molecule has 1 aromatic rings. The van der Waals surface area contributed by atoms with E-state index >= 15 is 0 Å². The minimum atomic E-state index is -0.672. The zero-order valence-electron chi connectivity index (χ0n) is 12.6. The average Bonchev–Trinajstić information content (AvgIpc) is 2.53. The van der Waals surface area contributed by atoms with Crippen LogP contribution in [0.15, 0.2) is 18.2 Å². The van der Waals surface area contributed by atoms with Crippen LogP contribution in [0.4, 0.5) is 0 Å². The number of esters is 1. The van der Waals surface area contributed by atoms with Crippen LogP contribution in [0.1, 0.15) is 30.1 Å². The Balaban J connectivity index is 2.20. The molecule has 114 valence electrons. The number of benzene rings is 1. The summed E-state index contributed by atoms with van der Waals surface area (Å²) in [5, 5.41) is 10.6. The maximum atomic E-state index is 12.5. The monoisotopic (exact) mass is 291 g/mol. The summed E-state index contributed by atoms with van der Waals surface area (Å²) in [7, 11) is 5.02. The van der Waals surface area contributed by atoms with Crippen LogP contribution in [-0.4, -0.2) is 49.8 Å². The number of methoxy groups -OCH3 is 2. The van der Waals surface area contributed by atoms with Gasteiger partial charge in [-0.3, -0.25) is 4.79 Å². The molecule has 1 N–H and O–H groups in total. The third-order valence-corrected chi connectivity index (χ3v) is 5.05. The Bertz CT molecular complexity index is 573. The van der Waals surface area contributed by atoms with E-state index in [9.17, 15) is 9.90 Å². The molecule has 0 radical (unpaired) electrons. The molecule has 0 amide bonds. The summed E-state index contributed by atoms with van der Waals surface area (Å²) in [5.41, 5.74) is 0.990. The quantitative estimate of drug-likeness (QED) is 0.831. The number of aliphatic hydroxyl groups is 1. The molecule has 5 nitrogen and oxygen atoms in total. The Hall–Kier alpha value is -1.59. The molecule has 2 bridgehead atoms. The van der Waals surface area contributed by atoms with Crippen molar-refractivity contribution in [3.8, 4) is 5.75 Å². The van der Waals surface area contributed by atoms with Crippen molar-refractivity contribution in [2.75, 3.05) is 27.8 Å². The highest BCUT2D eigenvalue weighted by molar-refractivity contribution is 5.85. The van der Waals surface area contributed by atoms with Crippen molar-refractivity contribution in [2.24, 2.45) is 0 Å². The van der Waals surface area contributed by atoms with Gasteiger partial charge >= 0.3 is 5.97 Å². The van der Waals surface area contributed by atoms with Crippen molar-refractivity contribution in [3.63, 3.8) is 0 Å². The molecular weight excluding hydrogens is 270 g/mol. The van der Waals surface area contributed by atoms with Crippen molar-refractivity contribution in [1.82, 2.24) is 4.90 Å². The Morgan fingerprint density at radius 2 is 2.19 bits per heavy atom. The second kappa shape index (κ2) is 5.00. The van der Waals surface area contributed by atoms with Gasteiger partial charge in [0.15, 0.2) is 0 Å². The zero-order valence-corrected chi connectivity index (χ0v) is 12.6. The smallest absolute Gasteiger partial charge is 0.316 e. The Labute approximate surface area is 124 Å². The topological polar surface area (TPSA) is 59.0 Å². The standard InChI is InChI=1S/C16H21NO4/c1-17-7-6-16(15(19)21-3)9-13(17)14(18)11-5-4-10(20-2)8-12(11)16/h4-5,8,13-14,18H,6-7,9H2,1-3H3. The lowest BCUT2D eigenvalue weighted by molar-refractivity contribution is -0.152. The molecule has 1 aliphatic carbocycles. The summed E-state index contributed by atoms with van der Waals surface area (Å²) in [6.45, 7) is 0.757. The molecule has 21 heavy (non-hydrogen) atoms. The molecule has 2 aliphatic rings. The highest BCUT2D eigenvalue weighted by Gasteiger charge is 2.53. The van der Waals surface area contributed by atoms with Gasteiger partial charge in [-0.25, -0.2) is 0 Å². The maximum absolute atomic E-state index is 12.5. The Morgan fingerprint density at radius 1 is 1.43 bits per heavy atom. The van der Waals surface area contributed by atoms with Gasteiger partial charge in [0, 0.05) is 6.04 Å². The molecule has 1 saturated heterocycles. The normalized spacial score (nSPS) is 31.4. The second-order valence-electron chi connectivity index (χ2n) is 5.97. The van der Waals surface area contributed by atoms with Gasteiger partial charge in [-0.15, -0.1) is 0 Å². The van der Waals surface area contributed by atoms with Crippen molar-refractivity contribution in [1.29, 1.82) is 0 Å². The number of rotatable bonds is 2. The minimum Gasteiger partial charge on any atom is -0.497 e. The number of carbonyl (C=O) groups excluding carboxylic acids is 1. The Kier molecular flexibility index (Phi) is 3.42. The fourth-order valence-electron chi connectivity index (χ4n) is 3.78. The van der Waals surface area contributed by atoms with E-state index in [4.69, 9.17) is 9.47 Å². The number of fused-ring (bicyclic) bond motifs is 4. The van der Waals surface area contributed by atoms with Crippen LogP contribution in [0, 0.1) is 0 Å². The first-order valence-electron chi connectivity index (χ1n) is 7.18.